The Morgan fingerprint density at radius 1 is 0.479 bits per heavy atom. The second-order valence-corrected chi connectivity index (χ2v) is 13.2. The summed E-state index contributed by atoms with van der Waals surface area (Å²) >= 11 is 0. The first kappa shape index (κ1) is 45.9. The second-order valence-electron chi connectivity index (χ2n) is 13.2. The Hall–Kier alpha value is -2.14. The molecule has 5 heteroatoms. The van der Waals surface area contributed by atoms with E-state index in [-0.39, 0.29) is 25.2 Å². The van der Waals surface area contributed by atoms with Crippen LogP contribution in [0.4, 0.5) is 0 Å². The van der Waals surface area contributed by atoms with Crippen molar-refractivity contribution in [3.63, 3.8) is 0 Å². The molecule has 278 valence electrons. The highest BCUT2D eigenvalue weighted by Gasteiger charge is 2.17. The topological polar surface area (TPSA) is 61.8 Å². The molecule has 5 nitrogen and oxygen atoms in total. The summed E-state index contributed by atoms with van der Waals surface area (Å²) in [5, 5.41) is 0. The molecule has 48 heavy (non-hydrogen) atoms. The van der Waals surface area contributed by atoms with E-state index < -0.39 is 6.10 Å². The molecule has 0 N–H and O–H groups in total. The van der Waals surface area contributed by atoms with Crippen molar-refractivity contribution in [2.24, 2.45) is 0 Å². The molecule has 0 aliphatic carbocycles. The predicted octanol–water partition coefficient (Wildman–Crippen LogP) is 12.9. The van der Waals surface area contributed by atoms with Crippen LogP contribution in [0.15, 0.2) is 48.6 Å². The van der Waals surface area contributed by atoms with Crippen LogP contribution in [0.2, 0.25) is 0 Å². The highest BCUT2D eigenvalue weighted by Crippen LogP contribution is 2.14. The molecule has 0 fully saturated rings. The van der Waals surface area contributed by atoms with Crippen molar-refractivity contribution in [2.45, 2.75) is 194 Å². The standard InChI is InChI=1S/C43H76O5/c1-4-7-10-13-15-17-19-21-23-25-27-29-32-35-38-46-39-41(48-43(45)37-34-30-12-9-6-3)40-47-42(44)36-33-31-28-26-24-22-20-18-16-14-11-8-5-2/h7,10,15,17,21,23,27,29,41H,4-6,8-9,11-14,16,18-20,22,24-26,28,30-40H2,1-3H3/b10-7-,17-15-,23-21-,29-27-. The molecule has 0 aromatic rings. The van der Waals surface area contributed by atoms with Crippen LogP contribution in [-0.4, -0.2) is 37.9 Å². The lowest BCUT2D eigenvalue weighted by molar-refractivity contribution is -0.163. The summed E-state index contributed by atoms with van der Waals surface area (Å²) in [7, 11) is 0. The Balaban J connectivity index is 4.19. The van der Waals surface area contributed by atoms with Crippen LogP contribution in [-0.2, 0) is 23.8 Å². The van der Waals surface area contributed by atoms with Crippen molar-refractivity contribution in [3.05, 3.63) is 48.6 Å². The van der Waals surface area contributed by atoms with Crippen molar-refractivity contribution in [3.8, 4) is 0 Å². The summed E-state index contributed by atoms with van der Waals surface area (Å²) in [6.07, 6.45) is 45.7. The first-order chi connectivity index (χ1) is 23.6. The van der Waals surface area contributed by atoms with E-state index >= 15 is 0 Å². The first-order valence-corrected chi connectivity index (χ1v) is 20.2. The monoisotopic (exact) mass is 673 g/mol. The molecule has 0 heterocycles. The van der Waals surface area contributed by atoms with Gasteiger partial charge in [-0.05, 0) is 51.4 Å². The number of hydrogen-bond acceptors (Lipinski definition) is 5. The average Bonchev–Trinajstić information content (AvgIpc) is 3.08. The number of hydrogen-bond donors (Lipinski definition) is 0. The van der Waals surface area contributed by atoms with Gasteiger partial charge >= 0.3 is 11.9 Å². The van der Waals surface area contributed by atoms with Crippen molar-refractivity contribution in [2.75, 3.05) is 19.8 Å². The molecule has 0 bridgehead atoms. The number of esters is 2. The van der Waals surface area contributed by atoms with E-state index in [1.807, 2.05) is 0 Å². The van der Waals surface area contributed by atoms with Crippen LogP contribution in [0.3, 0.4) is 0 Å². The summed E-state index contributed by atoms with van der Waals surface area (Å²) < 4.78 is 17.1. The minimum Gasteiger partial charge on any atom is -0.462 e. The molecule has 1 atom stereocenters. The zero-order valence-corrected chi connectivity index (χ0v) is 31.7. The van der Waals surface area contributed by atoms with Crippen LogP contribution in [0.5, 0.6) is 0 Å². The molecule has 0 aliphatic heterocycles. The number of carbonyl (C=O) groups excluding carboxylic acids is 2. The molecule has 0 aliphatic rings. The number of rotatable bonds is 36. The first-order valence-electron chi connectivity index (χ1n) is 20.2. The van der Waals surface area contributed by atoms with Crippen LogP contribution in [0.1, 0.15) is 188 Å². The van der Waals surface area contributed by atoms with E-state index in [4.69, 9.17) is 14.2 Å². The maximum Gasteiger partial charge on any atom is 0.306 e. The largest absolute Gasteiger partial charge is 0.462 e. The number of carbonyl (C=O) groups is 2. The van der Waals surface area contributed by atoms with Gasteiger partial charge in [0.25, 0.3) is 0 Å². The van der Waals surface area contributed by atoms with Gasteiger partial charge in [-0.15, -0.1) is 0 Å². The van der Waals surface area contributed by atoms with Gasteiger partial charge in [-0.2, -0.15) is 0 Å². The fourth-order valence-electron chi connectivity index (χ4n) is 5.39. The van der Waals surface area contributed by atoms with Gasteiger partial charge < -0.3 is 14.2 Å². The summed E-state index contributed by atoms with van der Waals surface area (Å²) in [4.78, 5) is 24.9. The number of unbranched alkanes of at least 4 members (excludes halogenated alkanes) is 17. The van der Waals surface area contributed by atoms with Gasteiger partial charge in [-0.3, -0.25) is 9.59 Å². The molecule has 0 saturated heterocycles. The van der Waals surface area contributed by atoms with E-state index in [2.05, 4.69) is 69.4 Å². The van der Waals surface area contributed by atoms with Crippen LogP contribution >= 0.6 is 0 Å². The lowest BCUT2D eigenvalue weighted by atomic mass is 10.0. The summed E-state index contributed by atoms with van der Waals surface area (Å²) in [5.41, 5.74) is 0. The molecule has 0 saturated carbocycles. The van der Waals surface area contributed by atoms with E-state index in [1.165, 1.54) is 83.5 Å². The number of ether oxygens (including phenoxy) is 3. The fraction of sp³-hybridized carbons (Fsp3) is 0.767. The van der Waals surface area contributed by atoms with Crippen molar-refractivity contribution in [1.29, 1.82) is 0 Å². The normalized spacial score (nSPS) is 12.6. The quantitative estimate of drug-likeness (QED) is 0.0376. The van der Waals surface area contributed by atoms with E-state index in [9.17, 15) is 9.59 Å². The lowest BCUT2D eigenvalue weighted by Crippen LogP contribution is -2.30. The van der Waals surface area contributed by atoms with E-state index in [0.717, 1.165) is 70.6 Å². The molecule has 1 unspecified atom stereocenters. The van der Waals surface area contributed by atoms with Gasteiger partial charge in [0.2, 0.25) is 0 Å². The maximum absolute atomic E-state index is 12.5. The van der Waals surface area contributed by atoms with E-state index in [0.29, 0.717) is 19.4 Å². The molecule has 0 radical (unpaired) electrons. The Bertz CT molecular complexity index is 812. The van der Waals surface area contributed by atoms with Crippen molar-refractivity contribution < 1.29 is 23.8 Å². The second kappa shape index (κ2) is 39.3. The lowest BCUT2D eigenvalue weighted by Gasteiger charge is -2.18. The number of allylic oxidation sites excluding steroid dienone is 8. The van der Waals surface area contributed by atoms with Gasteiger partial charge in [0, 0.05) is 19.4 Å². The smallest absolute Gasteiger partial charge is 0.306 e. The fourth-order valence-corrected chi connectivity index (χ4v) is 5.39. The SMILES string of the molecule is CC/C=C\C/C=C\C/C=C\C/C=C\CCCOCC(COC(=O)CCCCCCCCCCCCCCC)OC(=O)CCCCCCC. The third-order valence-electron chi connectivity index (χ3n) is 8.38. The van der Waals surface area contributed by atoms with Crippen molar-refractivity contribution >= 4 is 11.9 Å². The molecular weight excluding hydrogens is 596 g/mol. The van der Waals surface area contributed by atoms with Gasteiger partial charge in [0.05, 0.1) is 6.61 Å². The van der Waals surface area contributed by atoms with Gasteiger partial charge in [-0.1, -0.05) is 172 Å². The zero-order chi connectivity index (χ0) is 35.0. The third kappa shape index (κ3) is 36.7. The maximum atomic E-state index is 12.5. The molecule has 0 rings (SSSR count). The minimum atomic E-state index is -0.555. The van der Waals surface area contributed by atoms with Crippen LogP contribution in [0.25, 0.3) is 0 Å². The molecular formula is C43H76O5. The highest BCUT2D eigenvalue weighted by atomic mass is 16.6. The van der Waals surface area contributed by atoms with Gasteiger partial charge in [-0.25, -0.2) is 0 Å². The third-order valence-corrected chi connectivity index (χ3v) is 8.38. The molecule has 0 amide bonds. The highest BCUT2D eigenvalue weighted by molar-refractivity contribution is 5.70. The Morgan fingerprint density at radius 2 is 0.917 bits per heavy atom. The Morgan fingerprint density at radius 3 is 1.42 bits per heavy atom. The van der Waals surface area contributed by atoms with Crippen molar-refractivity contribution in [1.82, 2.24) is 0 Å². The zero-order valence-electron chi connectivity index (χ0n) is 31.7. The Kier molecular flexibility index (Phi) is 37.5. The van der Waals surface area contributed by atoms with Crippen LogP contribution in [0, 0.1) is 0 Å². The predicted molar refractivity (Wildman–Crippen MR) is 205 cm³/mol. The van der Waals surface area contributed by atoms with E-state index in [1.54, 1.807) is 0 Å². The summed E-state index contributed by atoms with van der Waals surface area (Å²) in [6, 6.07) is 0. The summed E-state index contributed by atoms with van der Waals surface area (Å²) in [5.74, 6) is -0.439. The molecule has 0 aromatic carbocycles. The molecule has 0 spiro atoms. The van der Waals surface area contributed by atoms with Gasteiger partial charge in [0.15, 0.2) is 6.10 Å². The van der Waals surface area contributed by atoms with Crippen LogP contribution < -0.4 is 0 Å². The Labute approximate surface area is 297 Å². The summed E-state index contributed by atoms with van der Waals surface area (Å²) in [6.45, 7) is 7.50. The minimum absolute atomic E-state index is 0.0652. The van der Waals surface area contributed by atoms with Gasteiger partial charge in [0.1, 0.15) is 6.61 Å². The molecule has 0 aromatic heterocycles. The average molecular weight is 673 g/mol.